The number of rotatable bonds is 26. The van der Waals surface area contributed by atoms with Gasteiger partial charge in [0.2, 0.25) is 0 Å². The highest BCUT2D eigenvalue weighted by molar-refractivity contribution is 5.80. The van der Waals surface area contributed by atoms with E-state index in [9.17, 15) is 109 Å². The van der Waals surface area contributed by atoms with Crippen LogP contribution in [0.15, 0.2) is 0 Å². The number of halogens is 16. The van der Waals surface area contributed by atoms with Crippen LogP contribution in [-0.4, -0.2) is 148 Å². The Bertz CT molecular complexity index is 4490. The molecule has 13 unspecified atom stereocenters. The Kier molecular flexibility index (Phi) is 33.3. The van der Waals surface area contributed by atoms with Crippen molar-refractivity contribution in [2.24, 2.45) is 190 Å². The van der Waals surface area contributed by atoms with Crippen molar-refractivity contribution >= 4 is 47.8 Å². The van der Waals surface area contributed by atoms with Gasteiger partial charge in [-0.25, -0.2) is 38.4 Å². The fourth-order valence-corrected chi connectivity index (χ4v) is 38.5. The van der Waals surface area contributed by atoms with Crippen LogP contribution in [0.2, 0.25) is 0 Å². The van der Waals surface area contributed by atoms with Crippen molar-refractivity contribution in [2.75, 3.05) is 52.9 Å². The maximum Gasteiger partial charge on any atom is 0.376 e. The number of hydrogen-bond acceptors (Lipinski definition) is 16. The topological polar surface area (TPSA) is 210 Å². The molecular formula is C115H170F16O16. The fourth-order valence-electron chi connectivity index (χ4n) is 38.5. The van der Waals surface area contributed by atoms with Gasteiger partial charge >= 0.3 is 95.1 Å². The Labute approximate surface area is 860 Å². The summed E-state index contributed by atoms with van der Waals surface area (Å²) in [5.41, 5.74) is 1.91. The molecule has 29 fully saturated rings. The maximum absolute atomic E-state index is 13.0. The minimum absolute atomic E-state index is 0.0129. The third kappa shape index (κ3) is 27.7. The quantitative estimate of drug-likeness (QED) is 0.0448. The standard InChI is InChI=1S/2C16H24F2O2.2C15H22F2O2.2C14H20F2O2.C13H20F2O2.C12H18F2O2/c1-13-4-11-5-14(2,7-13)9-16(6-11,8-13)10-20-12(19)15(3,17)18;1-3-15-5-11-4-12(6-15)8-16(7-11,9-15)10-20-13(19)14(2,17)18;1-13-4-10-3-11(5-13)7-15(6-10,8-13)9-19-12(18)14(2,16)17;1-14(16,17)13(18)19-3-2-15-7-10-4-11(8-15)6-12(5-10)9-15;1-13(15,16)12(17)18-8-14-5-9-2-10(6-14)4-11(3-9)7-14;1-14(15,16)13(17)18-7-12-10-3-8-2-9(5-10)6-11(12)4-8;1-12(2)9-5-4-8(10(12)6-9)7-17-11(16)13(3,14)15;1-7-8-3-4-9(5-8)10(7)6-16-11(15)12(2,13)14/h11H,4-10H2,1-3H3;11-12H,3-10H2,1-2H3;10-11H,3-9H2,1-2H3;10-12H,2-9H2,1H3;9-11H,2-8H2,1H3;8-12H,2-7H2,1H3;8-10H,4-7H2,1-3H3;7-10H,3-6H2,1-2H3. The number of carbonyl (C=O) groups is 8. The van der Waals surface area contributed by atoms with Crippen LogP contribution in [0.3, 0.4) is 0 Å². The molecule has 29 rings (SSSR count). The lowest BCUT2D eigenvalue weighted by Gasteiger charge is -2.65. The molecule has 0 spiro atoms. The van der Waals surface area contributed by atoms with Crippen molar-refractivity contribution in [3.05, 3.63) is 0 Å². The van der Waals surface area contributed by atoms with E-state index >= 15 is 0 Å². The lowest BCUT2D eigenvalue weighted by atomic mass is 9.40. The highest BCUT2D eigenvalue weighted by atomic mass is 19.3. The molecule has 0 N–H and O–H groups in total. The van der Waals surface area contributed by atoms with E-state index in [0.29, 0.717) is 142 Å². The molecule has 28 bridgehead atoms. The van der Waals surface area contributed by atoms with Crippen LogP contribution in [0.1, 0.15) is 380 Å². The fraction of sp³-hybridized carbons (Fsp3) is 0.930. The highest BCUT2D eigenvalue weighted by Crippen LogP contribution is 2.73. The predicted octanol–water partition coefficient (Wildman–Crippen LogP) is 28.7. The minimum Gasteiger partial charge on any atom is -0.461 e. The van der Waals surface area contributed by atoms with Crippen molar-refractivity contribution in [1.29, 1.82) is 0 Å². The Balaban J connectivity index is 0.000000126. The first-order chi connectivity index (χ1) is 67.8. The van der Waals surface area contributed by atoms with E-state index in [1.807, 2.05) is 0 Å². The van der Waals surface area contributed by atoms with Crippen molar-refractivity contribution < 1.29 is 146 Å². The molecule has 0 aromatic heterocycles. The molecule has 29 aliphatic carbocycles. The zero-order valence-corrected chi connectivity index (χ0v) is 89.9. The van der Waals surface area contributed by atoms with Crippen LogP contribution >= 0.6 is 0 Å². The first-order valence-corrected chi connectivity index (χ1v) is 56.2. The van der Waals surface area contributed by atoms with Crippen LogP contribution in [0.25, 0.3) is 0 Å². The van der Waals surface area contributed by atoms with Gasteiger partial charge in [0.1, 0.15) is 0 Å². The van der Waals surface area contributed by atoms with Crippen molar-refractivity contribution in [2.45, 2.75) is 427 Å². The Morgan fingerprint density at radius 2 is 0.558 bits per heavy atom. The largest absolute Gasteiger partial charge is 0.461 e. The molecule has 13 atom stereocenters. The minimum atomic E-state index is -3.38. The second-order valence-corrected chi connectivity index (χ2v) is 56.3. The van der Waals surface area contributed by atoms with Gasteiger partial charge < -0.3 is 37.9 Å². The van der Waals surface area contributed by atoms with E-state index < -0.39 is 95.1 Å². The van der Waals surface area contributed by atoms with Crippen LogP contribution in [0.5, 0.6) is 0 Å². The molecule has 0 aliphatic heterocycles. The SMILES string of the molecule is CC(F)(F)C(=O)OCC12CC3CC(CC(C3)C1)C2.CC(F)(F)C(=O)OCC1C2CC3CC(C2)CC1C3.CC(F)(F)C(=O)OCC1CCC2CC1C2(C)C.CC(F)(F)C(=O)OCCC12CC3CC(CC(C3)C1)C2.CC12CC3CC(C)(C1)CC(COC(=O)C(C)(F)F)(C3)C2.CC12CC3CC(C1)CC(COC(=O)C(C)(F)F)(C3)C2.CC1C2CCC(C2)C1COC(=O)C(C)(F)F.CCC12CC3CC(C1)CC(COC(=O)C(C)(F)F)(C3)C2. The second kappa shape index (κ2) is 42.3. The average Bonchev–Trinajstić information content (AvgIpc) is 1.74. The summed E-state index contributed by atoms with van der Waals surface area (Å²) in [6.07, 6.45) is 50.8. The summed E-state index contributed by atoms with van der Waals surface area (Å²) in [5.74, 6) is -22.6. The van der Waals surface area contributed by atoms with Gasteiger partial charge in [-0.05, 0) is 438 Å². The predicted molar refractivity (Wildman–Crippen MR) is 515 cm³/mol. The van der Waals surface area contributed by atoms with E-state index in [1.54, 1.807) is 0 Å². The molecule has 29 saturated carbocycles. The summed E-state index contributed by atoms with van der Waals surface area (Å²) in [7, 11) is 0. The average molecular weight is 2110 g/mol. The van der Waals surface area contributed by atoms with E-state index in [2.05, 4.69) is 48.5 Å². The van der Waals surface area contributed by atoms with Crippen molar-refractivity contribution in [3.63, 3.8) is 0 Å². The number of hydrogen-bond donors (Lipinski definition) is 0. The summed E-state index contributed by atoms with van der Waals surface area (Å²) in [6, 6.07) is 0. The molecule has 0 amide bonds. The summed E-state index contributed by atoms with van der Waals surface area (Å²) in [5, 5.41) is 0. The number of alkyl halides is 16. The molecule has 838 valence electrons. The smallest absolute Gasteiger partial charge is 0.376 e. The second-order valence-electron chi connectivity index (χ2n) is 56.3. The number of esters is 8. The van der Waals surface area contributed by atoms with Crippen molar-refractivity contribution in [3.8, 4) is 0 Å². The van der Waals surface area contributed by atoms with E-state index in [1.165, 1.54) is 173 Å². The van der Waals surface area contributed by atoms with Gasteiger partial charge in [-0.15, -0.1) is 0 Å². The van der Waals surface area contributed by atoms with Crippen LogP contribution in [0.4, 0.5) is 70.2 Å². The van der Waals surface area contributed by atoms with E-state index in [-0.39, 0.29) is 85.8 Å². The van der Waals surface area contributed by atoms with Gasteiger partial charge in [0.25, 0.3) is 0 Å². The number of carbonyl (C=O) groups excluding carboxylic acids is 8. The zero-order chi connectivity index (χ0) is 108. The molecule has 0 aromatic carbocycles. The third-order valence-corrected chi connectivity index (χ3v) is 41.6. The van der Waals surface area contributed by atoms with Gasteiger partial charge in [-0.3, -0.25) is 0 Å². The monoisotopic (exact) mass is 2110 g/mol. The number of fused-ring (bicyclic) bond motifs is 4. The normalized spacial score (nSPS) is 41.6. The molecule has 0 aromatic rings. The number of ether oxygens (including phenoxy) is 8. The van der Waals surface area contributed by atoms with Gasteiger partial charge in [0, 0.05) is 77.0 Å². The Morgan fingerprint density at radius 1 is 0.259 bits per heavy atom. The third-order valence-electron chi connectivity index (χ3n) is 41.6. The molecule has 32 heteroatoms. The zero-order valence-electron chi connectivity index (χ0n) is 89.9. The first-order valence-electron chi connectivity index (χ1n) is 56.2. The summed E-state index contributed by atoms with van der Waals surface area (Å²) in [6.45, 7) is 22.1. The molecule has 0 radical (unpaired) electrons. The Morgan fingerprint density at radius 3 is 0.918 bits per heavy atom. The van der Waals surface area contributed by atoms with Crippen molar-refractivity contribution in [1.82, 2.24) is 0 Å². The molecule has 16 nitrogen and oxygen atoms in total. The van der Waals surface area contributed by atoms with Gasteiger partial charge in [0.15, 0.2) is 0 Å². The first kappa shape index (κ1) is 116. The molecule has 29 aliphatic rings. The lowest BCUT2D eigenvalue weighted by Crippen LogP contribution is -2.56. The molecule has 147 heavy (non-hydrogen) atoms. The Hall–Kier alpha value is -5.36. The van der Waals surface area contributed by atoms with E-state index in [4.69, 9.17) is 37.9 Å². The highest BCUT2D eigenvalue weighted by Gasteiger charge is 2.65. The summed E-state index contributed by atoms with van der Waals surface area (Å²) >= 11 is 0. The van der Waals surface area contributed by atoms with E-state index in [0.717, 1.165) is 174 Å². The van der Waals surface area contributed by atoms with Crippen LogP contribution < -0.4 is 0 Å². The van der Waals surface area contributed by atoms with Gasteiger partial charge in [-0.1, -0.05) is 54.9 Å². The van der Waals surface area contributed by atoms with Gasteiger partial charge in [-0.2, -0.15) is 70.2 Å². The lowest BCUT2D eigenvalue weighted by molar-refractivity contribution is -0.192. The molecule has 0 saturated heterocycles. The molecule has 0 heterocycles. The summed E-state index contributed by atoms with van der Waals surface area (Å²) < 4.78 is 244. The molecular weight excluding hydrogens is 1940 g/mol. The van der Waals surface area contributed by atoms with Crippen LogP contribution in [0, 0.1) is 190 Å². The summed E-state index contributed by atoms with van der Waals surface area (Å²) in [4.78, 5) is 89.3. The van der Waals surface area contributed by atoms with Crippen LogP contribution in [-0.2, 0) is 76.3 Å². The maximum atomic E-state index is 13.0. The van der Waals surface area contributed by atoms with Gasteiger partial charge in [0.05, 0.1) is 52.9 Å².